The molecule has 138 valence electrons. The van der Waals surface area contributed by atoms with Gasteiger partial charge >= 0.3 is 0 Å². The highest BCUT2D eigenvalue weighted by Gasteiger charge is 2.31. The maximum atomic E-state index is 13.0. The predicted molar refractivity (Wildman–Crippen MR) is 101 cm³/mol. The lowest BCUT2D eigenvalue weighted by Gasteiger charge is -2.24. The molecule has 0 bridgehead atoms. The van der Waals surface area contributed by atoms with Gasteiger partial charge in [-0.3, -0.25) is 0 Å². The summed E-state index contributed by atoms with van der Waals surface area (Å²) in [7, 11) is -3.55. The average Bonchev–Trinajstić information content (AvgIpc) is 3.07. The second-order valence-corrected chi connectivity index (χ2v) is 9.10. The molecule has 0 saturated heterocycles. The van der Waals surface area contributed by atoms with Gasteiger partial charge in [0.2, 0.25) is 10.0 Å². The summed E-state index contributed by atoms with van der Waals surface area (Å²) in [5.74, 6) is 1.74. The van der Waals surface area contributed by atoms with Crippen molar-refractivity contribution in [3.05, 3.63) is 51.9 Å². The van der Waals surface area contributed by atoms with Crippen molar-refractivity contribution in [2.45, 2.75) is 58.0 Å². The van der Waals surface area contributed by atoms with Crippen LogP contribution in [0.5, 0.6) is 0 Å². The van der Waals surface area contributed by atoms with Gasteiger partial charge in [-0.1, -0.05) is 38.1 Å². The quantitative estimate of drug-likeness (QED) is 0.894. The molecule has 2 aromatic rings. The Morgan fingerprint density at radius 3 is 2.85 bits per heavy atom. The van der Waals surface area contributed by atoms with Gasteiger partial charge in [0.05, 0.1) is 10.9 Å². The van der Waals surface area contributed by atoms with Crippen LogP contribution in [0, 0.1) is 0 Å². The summed E-state index contributed by atoms with van der Waals surface area (Å²) >= 11 is 0. The number of nitrogens with one attached hydrogen (secondary N) is 1. The van der Waals surface area contributed by atoms with E-state index in [0.717, 1.165) is 43.0 Å². The molecule has 4 rings (SSSR count). The van der Waals surface area contributed by atoms with Gasteiger partial charge in [0.1, 0.15) is 5.82 Å². The summed E-state index contributed by atoms with van der Waals surface area (Å²) in [5, 5.41) is 4.53. The zero-order chi connectivity index (χ0) is 18.3. The molecule has 1 aliphatic heterocycles. The monoisotopic (exact) mass is 372 g/mol. The summed E-state index contributed by atoms with van der Waals surface area (Å²) in [6.45, 7) is 4.89. The molecule has 1 aromatic heterocycles. The molecule has 0 saturated carbocycles. The molecule has 7 heteroatoms. The minimum atomic E-state index is -3.55. The van der Waals surface area contributed by atoms with Crippen LogP contribution in [0.15, 0.2) is 29.2 Å². The maximum Gasteiger partial charge on any atom is 0.237 e. The van der Waals surface area contributed by atoms with Crippen molar-refractivity contribution in [2.24, 2.45) is 0 Å². The van der Waals surface area contributed by atoms with E-state index in [1.54, 1.807) is 6.08 Å². The SMILES string of the molecule is CC(C)c1nc2n(n1)CCCC2NS(=O)(=O)C1=Cc2ccccc2CC1. The number of hydrogen-bond donors (Lipinski definition) is 1. The van der Waals surface area contributed by atoms with Crippen molar-refractivity contribution in [1.29, 1.82) is 0 Å². The first-order valence-electron chi connectivity index (χ1n) is 9.19. The summed E-state index contributed by atoms with van der Waals surface area (Å²) in [6.07, 6.45) is 4.72. The van der Waals surface area contributed by atoms with Gasteiger partial charge < -0.3 is 0 Å². The average molecular weight is 372 g/mol. The fourth-order valence-corrected chi connectivity index (χ4v) is 5.01. The van der Waals surface area contributed by atoms with Crippen molar-refractivity contribution in [3.63, 3.8) is 0 Å². The Labute approximate surface area is 154 Å². The number of benzene rings is 1. The number of sulfonamides is 1. The lowest BCUT2D eigenvalue weighted by atomic mass is 9.98. The summed E-state index contributed by atoms with van der Waals surface area (Å²) in [5.41, 5.74) is 2.19. The lowest BCUT2D eigenvalue weighted by Crippen LogP contribution is -2.34. The maximum absolute atomic E-state index is 13.0. The van der Waals surface area contributed by atoms with Crippen LogP contribution in [0.1, 0.15) is 67.8 Å². The lowest BCUT2D eigenvalue weighted by molar-refractivity contribution is 0.400. The number of rotatable bonds is 4. The molecule has 2 heterocycles. The van der Waals surface area contributed by atoms with Gasteiger partial charge in [0, 0.05) is 12.5 Å². The Bertz CT molecular complexity index is 960. The van der Waals surface area contributed by atoms with Gasteiger partial charge in [-0.15, -0.1) is 0 Å². The van der Waals surface area contributed by atoms with Crippen LogP contribution in [-0.2, 0) is 23.0 Å². The third-order valence-corrected chi connectivity index (χ3v) is 6.67. The molecule has 0 amide bonds. The zero-order valence-corrected chi connectivity index (χ0v) is 16.0. The molecule has 1 aromatic carbocycles. The summed E-state index contributed by atoms with van der Waals surface area (Å²) < 4.78 is 30.7. The minimum absolute atomic E-state index is 0.225. The van der Waals surface area contributed by atoms with Gasteiger partial charge in [-0.05, 0) is 42.9 Å². The Balaban J connectivity index is 1.61. The largest absolute Gasteiger partial charge is 0.248 e. The minimum Gasteiger partial charge on any atom is -0.248 e. The Kier molecular flexibility index (Phi) is 4.44. The van der Waals surface area contributed by atoms with E-state index in [4.69, 9.17) is 0 Å². The molecule has 0 fully saturated rings. The molecule has 6 nitrogen and oxygen atoms in total. The van der Waals surface area contributed by atoms with E-state index < -0.39 is 10.0 Å². The van der Waals surface area contributed by atoms with Crippen LogP contribution in [0.4, 0.5) is 0 Å². The molecule has 1 aliphatic carbocycles. The third kappa shape index (κ3) is 3.21. The highest BCUT2D eigenvalue weighted by Crippen LogP contribution is 2.30. The van der Waals surface area contributed by atoms with Gasteiger partial charge in [0.15, 0.2) is 5.82 Å². The van der Waals surface area contributed by atoms with Crippen LogP contribution in [-0.4, -0.2) is 23.2 Å². The van der Waals surface area contributed by atoms with Crippen LogP contribution in [0.2, 0.25) is 0 Å². The molecule has 0 spiro atoms. The van der Waals surface area contributed by atoms with Crippen molar-refractivity contribution in [1.82, 2.24) is 19.5 Å². The highest BCUT2D eigenvalue weighted by atomic mass is 32.2. The van der Waals surface area contributed by atoms with Crippen LogP contribution in [0.25, 0.3) is 6.08 Å². The normalized spacial score (nSPS) is 19.8. The van der Waals surface area contributed by atoms with E-state index in [1.807, 2.05) is 36.7 Å². The predicted octanol–water partition coefficient (Wildman–Crippen LogP) is 3.14. The Morgan fingerprint density at radius 1 is 1.23 bits per heavy atom. The molecule has 1 unspecified atom stereocenters. The zero-order valence-electron chi connectivity index (χ0n) is 15.1. The van der Waals surface area contributed by atoms with Crippen molar-refractivity contribution in [2.75, 3.05) is 0 Å². The molecule has 0 radical (unpaired) electrons. The second-order valence-electron chi connectivity index (χ2n) is 7.33. The fraction of sp³-hybridized carbons (Fsp3) is 0.474. The number of hydrogen-bond acceptors (Lipinski definition) is 4. The number of aryl methyl sites for hydroxylation is 2. The van der Waals surface area contributed by atoms with E-state index in [2.05, 4.69) is 20.9 Å². The number of allylic oxidation sites excluding steroid dienone is 1. The summed E-state index contributed by atoms with van der Waals surface area (Å²) in [4.78, 5) is 5.06. The van der Waals surface area contributed by atoms with E-state index in [-0.39, 0.29) is 12.0 Å². The molecule has 1 atom stereocenters. The van der Waals surface area contributed by atoms with Gasteiger partial charge in [-0.25, -0.2) is 22.8 Å². The molecular formula is C19H24N4O2S. The smallest absolute Gasteiger partial charge is 0.237 e. The van der Waals surface area contributed by atoms with Crippen molar-refractivity contribution < 1.29 is 8.42 Å². The molecule has 1 N–H and O–H groups in total. The second kappa shape index (κ2) is 6.63. The standard InChI is InChI=1S/C19H24N4O2S/c1-13(2)18-20-19-17(8-5-11-23(19)21-18)22-26(24,25)16-10-9-14-6-3-4-7-15(14)12-16/h3-4,6-7,12-13,17,22H,5,8-11H2,1-2H3. The van der Waals surface area contributed by atoms with Crippen molar-refractivity contribution >= 4 is 16.1 Å². The highest BCUT2D eigenvalue weighted by molar-refractivity contribution is 7.93. The van der Waals surface area contributed by atoms with Crippen LogP contribution >= 0.6 is 0 Å². The van der Waals surface area contributed by atoms with E-state index in [0.29, 0.717) is 11.3 Å². The first-order chi connectivity index (χ1) is 12.4. The van der Waals surface area contributed by atoms with E-state index in [9.17, 15) is 8.42 Å². The number of aromatic nitrogens is 3. The fourth-order valence-electron chi connectivity index (χ4n) is 3.61. The van der Waals surface area contributed by atoms with Crippen LogP contribution in [0.3, 0.4) is 0 Å². The molecule has 26 heavy (non-hydrogen) atoms. The summed E-state index contributed by atoms with van der Waals surface area (Å²) in [6, 6.07) is 7.64. The third-order valence-electron chi connectivity index (χ3n) is 5.06. The Morgan fingerprint density at radius 2 is 2.04 bits per heavy atom. The number of fused-ring (bicyclic) bond motifs is 2. The molecule has 2 aliphatic rings. The first kappa shape index (κ1) is 17.4. The number of nitrogens with zero attached hydrogens (tertiary/aromatic N) is 3. The van der Waals surface area contributed by atoms with E-state index in [1.165, 1.54) is 5.56 Å². The van der Waals surface area contributed by atoms with Gasteiger partial charge in [0.25, 0.3) is 0 Å². The van der Waals surface area contributed by atoms with Gasteiger partial charge in [-0.2, -0.15) is 5.10 Å². The first-order valence-corrected chi connectivity index (χ1v) is 10.7. The van der Waals surface area contributed by atoms with E-state index >= 15 is 0 Å². The Hall–Kier alpha value is -1.99. The topological polar surface area (TPSA) is 76.9 Å². The molecular weight excluding hydrogens is 348 g/mol. The van der Waals surface area contributed by atoms with Crippen LogP contribution < -0.4 is 4.72 Å². The van der Waals surface area contributed by atoms with Crippen molar-refractivity contribution in [3.8, 4) is 0 Å².